The Hall–Kier alpha value is -1.44. The van der Waals surface area contributed by atoms with E-state index in [9.17, 15) is 8.42 Å². The molecule has 0 aliphatic carbocycles. The molecule has 0 bridgehead atoms. The fourth-order valence-electron chi connectivity index (χ4n) is 2.05. The van der Waals surface area contributed by atoms with Gasteiger partial charge in [0.25, 0.3) is 10.1 Å². The van der Waals surface area contributed by atoms with Gasteiger partial charge in [0.1, 0.15) is 12.6 Å². The molecule has 6 nitrogen and oxygen atoms in total. The highest BCUT2D eigenvalue weighted by atomic mass is 32.2. The third kappa shape index (κ3) is 5.75. The first-order chi connectivity index (χ1) is 10.4. The summed E-state index contributed by atoms with van der Waals surface area (Å²) >= 11 is 0. The molecule has 2 atom stereocenters. The van der Waals surface area contributed by atoms with Crippen LogP contribution in [0.25, 0.3) is 0 Å². The molecule has 0 saturated heterocycles. The molecule has 0 amide bonds. The van der Waals surface area contributed by atoms with Gasteiger partial charge in [-0.15, -0.1) is 0 Å². The van der Waals surface area contributed by atoms with Crippen LogP contribution in [-0.4, -0.2) is 52.5 Å². The van der Waals surface area contributed by atoms with E-state index in [0.717, 1.165) is 11.8 Å². The Labute approximate surface area is 131 Å². The van der Waals surface area contributed by atoms with Gasteiger partial charge in [-0.05, 0) is 25.5 Å². The Kier molecular flexibility index (Phi) is 5.93. The van der Waals surface area contributed by atoms with Gasteiger partial charge in [-0.3, -0.25) is 4.18 Å². The molecule has 1 heterocycles. The lowest BCUT2D eigenvalue weighted by Crippen LogP contribution is -2.19. The van der Waals surface area contributed by atoms with Gasteiger partial charge >= 0.3 is 0 Å². The first kappa shape index (κ1) is 16.9. The second-order valence-electron chi connectivity index (χ2n) is 5.24. The molecule has 122 valence electrons. The number of hydrogen-bond donors (Lipinski definition) is 0. The molecule has 0 saturated carbocycles. The molecule has 2 rings (SSSR count). The van der Waals surface area contributed by atoms with E-state index in [1.165, 1.54) is 0 Å². The molecule has 0 aromatic heterocycles. The van der Waals surface area contributed by atoms with E-state index >= 15 is 0 Å². The summed E-state index contributed by atoms with van der Waals surface area (Å²) in [6.45, 7) is 3.07. The minimum absolute atomic E-state index is 0.0265. The third-order valence-electron chi connectivity index (χ3n) is 3.05. The number of nitrogens with zero attached hydrogens (tertiary/aromatic N) is 1. The summed E-state index contributed by atoms with van der Waals surface area (Å²) in [7, 11) is -3.41. The molecule has 0 radical (unpaired) electrons. The minimum Gasteiger partial charge on any atom is -0.475 e. The summed E-state index contributed by atoms with van der Waals surface area (Å²) in [5.74, 6) is 0.642. The van der Waals surface area contributed by atoms with Crippen molar-refractivity contribution < 1.29 is 22.1 Å². The average Bonchev–Trinajstić information content (AvgIpc) is 2.91. The fourth-order valence-corrected chi connectivity index (χ4v) is 2.75. The maximum absolute atomic E-state index is 11.0. The van der Waals surface area contributed by atoms with Crippen LogP contribution < -0.4 is 0 Å². The maximum Gasteiger partial charge on any atom is 0.264 e. The molecule has 1 aliphatic rings. The highest BCUT2D eigenvalue weighted by Gasteiger charge is 2.20. The normalized spacial score (nSPS) is 19.5. The number of ether oxygens (including phenoxy) is 2. The van der Waals surface area contributed by atoms with Crippen molar-refractivity contribution in [3.05, 3.63) is 35.9 Å². The molecule has 1 aromatic carbocycles. The fraction of sp³-hybridized carbons (Fsp3) is 0.533. The van der Waals surface area contributed by atoms with Crippen LogP contribution in [0.15, 0.2) is 35.3 Å². The summed E-state index contributed by atoms with van der Waals surface area (Å²) < 4.78 is 37.8. The van der Waals surface area contributed by atoms with E-state index < -0.39 is 16.2 Å². The Balaban J connectivity index is 1.69. The standard InChI is InChI=1S/C15H21NO5S/c1-12(21-22(2,17)18)8-9-19-10-14-11-20-15(16-14)13-6-4-3-5-7-13/h3-7,12,14H,8-11H2,1-2H3/t12-,14-/m1/s1. The van der Waals surface area contributed by atoms with Crippen LogP contribution in [0.5, 0.6) is 0 Å². The van der Waals surface area contributed by atoms with Crippen LogP contribution in [0.3, 0.4) is 0 Å². The maximum atomic E-state index is 11.0. The molecule has 22 heavy (non-hydrogen) atoms. The monoisotopic (exact) mass is 327 g/mol. The minimum atomic E-state index is -3.41. The largest absolute Gasteiger partial charge is 0.475 e. The van der Waals surface area contributed by atoms with E-state index in [-0.39, 0.29) is 6.04 Å². The van der Waals surface area contributed by atoms with Crippen LogP contribution >= 0.6 is 0 Å². The highest BCUT2D eigenvalue weighted by Crippen LogP contribution is 2.12. The number of benzene rings is 1. The van der Waals surface area contributed by atoms with Gasteiger partial charge in [0.2, 0.25) is 5.90 Å². The van der Waals surface area contributed by atoms with E-state index in [2.05, 4.69) is 4.99 Å². The van der Waals surface area contributed by atoms with Gasteiger partial charge in [0, 0.05) is 12.2 Å². The van der Waals surface area contributed by atoms with Crippen molar-refractivity contribution >= 4 is 16.0 Å². The van der Waals surface area contributed by atoms with E-state index in [4.69, 9.17) is 13.7 Å². The summed E-state index contributed by atoms with van der Waals surface area (Å²) in [6.07, 6.45) is 1.16. The molecule has 1 aromatic rings. The van der Waals surface area contributed by atoms with Crippen molar-refractivity contribution in [1.29, 1.82) is 0 Å². The van der Waals surface area contributed by atoms with Crippen LogP contribution in [0, 0.1) is 0 Å². The second-order valence-corrected chi connectivity index (χ2v) is 6.84. The zero-order valence-electron chi connectivity index (χ0n) is 12.8. The Morgan fingerprint density at radius 1 is 1.36 bits per heavy atom. The lowest BCUT2D eigenvalue weighted by molar-refractivity contribution is 0.0865. The first-order valence-electron chi connectivity index (χ1n) is 7.16. The van der Waals surface area contributed by atoms with Gasteiger partial charge in [-0.25, -0.2) is 4.99 Å². The molecule has 0 spiro atoms. The lowest BCUT2D eigenvalue weighted by Gasteiger charge is -2.11. The van der Waals surface area contributed by atoms with Crippen LogP contribution in [0.1, 0.15) is 18.9 Å². The average molecular weight is 327 g/mol. The van der Waals surface area contributed by atoms with Crippen LogP contribution in [0.4, 0.5) is 0 Å². The number of hydrogen-bond acceptors (Lipinski definition) is 6. The molecule has 1 aliphatic heterocycles. The van der Waals surface area contributed by atoms with Crippen LogP contribution in [0.2, 0.25) is 0 Å². The summed E-state index contributed by atoms with van der Waals surface area (Å²) in [5.41, 5.74) is 0.958. The lowest BCUT2D eigenvalue weighted by atomic mass is 10.2. The predicted octanol–water partition coefficient (Wildman–Crippen LogP) is 1.60. The van der Waals surface area contributed by atoms with Crippen molar-refractivity contribution in [2.24, 2.45) is 4.99 Å². The quantitative estimate of drug-likeness (QED) is 0.535. The number of rotatable bonds is 8. The summed E-state index contributed by atoms with van der Waals surface area (Å²) in [6, 6.07) is 9.70. The van der Waals surface area contributed by atoms with Gasteiger partial charge in [0.05, 0.1) is 19.0 Å². The summed E-state index contributed by atoms with van der Waals surface area (Å²) in [5, 5.41) is 0. The van der Waals surface area contributed by atoms with Crippen molar-refractivity contribution in [2.75, 3.05) is 26.1 Å². The molecule has 0 unspecified atom stereocenters. The van der Waals surface area contributed by atoms with Crippen molar-refractivity contribution in [1.82, 2.24) is 0 Å². The van der Waals surface area contributed by atoms with E-state index in [0.29, 0.717) is 32.1 Å². The van der Waals surface area contributed by atoms with Crippen molar-refractivity contribution in [2.45, 2.75) is 25.5 Å². The molecule has 7 heteroatoms. The first-order valence-corrected chi connectivity index (χ1v) is 8.98. The van der Waals surface area contributed by atoms with Gasteiger partial charge in [-0.2, -0.15) is 8.42 Å². The molecule has 0 fully saturated rings. The number of aliphatic imine (C=N–C) groups is 1. The van der Waals surface area contributed by atoms with E-state index in [1.54, 1.807) is 6.92 Å². The Morgan fingerprint density at radius 2 is 2.09 bits per heavy atom. The third-order valence-corrected chi connectivity index (χ3v) is 3.73. The zero-order valence-corrected chi connectivity index (χ0v) is 13.6. The van der Waals surface area contributed by atoms with Gasteiger partial charge in [0.15, 0.2) is 0 Å². The van der Waals surface area contributed by atoms with Gasteiger partial charge < -0.3 is 9.47 Å². The van der Waals surface area contributed by atoms with Gasteiger partial charge in [-0.1, -0.05) is 18.2 Å². The van der Waals surface area contributed by atoms with Crippen molar-refractivity contribution in [3.8, 4) is 0 Å². The SMILES string of the molecule is C[C@H](CCOC[C@@H]1COC(c2ccccc2)=N1)OS(C)(=O)=O. The van der Waals surface area contributed by atoms with Crippen LogP contribution in [-0.2, 0) is 23.8 Å². The molecular weight excluding hydrogens is 306 g/mol. The smallest absolute Gasteiger partial charge is 0.264 e. The zero-order chi connectivity index (χ0) is 16.0. The predicted molar refractivity (Wildman–Crippen MR) is 83.5 cm³/mol. The van der Waals surface area contributed by atoms with E-state index in [1.807, 2.05) is 30.3 Å². The molecule has 0 N–H and O–H groups in total. The van der Waals surface area contributed by atoms with Crippen molar-refractivity contribution in [3.63, 3.8) is 0 Å². The molecular formula is C15H21NO5S. The second kappa shape index (κ2) is 7.71. The summed E-state index contributed by atoms with van der Waals surface area (Å²) in [4.78, 5) is 4.48. The Bertz CT molecular complexity index is 600. The topological polar surface area (TPSA) is 74.2 Å². The Morgan fingerprint density at radius 3 is 2.77 bits per heavy atom. The highest BCUT2D eigenvalue weighted by molar-refractivity contribution is 7.86.